The van der Waals surface area contributed by atoms with E-state index in [0.29, 0.717) is 17.7 Å². The van der Waals surface area contributed by atoms with Gasteiger partial charge in [0, 0.05) is 5.56 Å². The smallest absolute Gasteiger partial charge is 0.338 e. The molecule has 0 amide bonds. The molecule has 1 aliphatic heterocycles. The molecule has 0 radical (unpaired) electrons. The molecule has 1 heterocycles. The molecule has 96 valence electrons. The van der Waals surface area contributed by atoms with E-state index >= 15 is 0 Å². The van der Waals surface area contributed by atoms with Gasteiger partial charge < -0.3 is 9.47 Å². The summed E-state index contributed by atoms with van der Waals surface area (Å²) >= 11 is 0. The Morgan fingerprint density at radius 1 is 1.39 bits per heavy atom. The summed E-state index contributed by atoms with van der Waals surface area (Å²) < 4.78 is 10.1. The number of benzene rings is 1. The molecular formula is C14H16O4. The number of carbonyl (C=O) groups is 2. The van der Waals surface area contributed by atoms with Gasteiger partial charge in [0.15, 0.2) is 0 Å². The second-order valence-electron chi connectivity index (χ2n) is 5.61. The van der Waals surface area contributed by atoms with E-state index in [4.69, 9.17) is 9.47 Å². The molecular weight excluding hydrogens is 232 g/mol. The van der Waals surface area contributed by atoms with Gasteiger partial charge in [-0.05, 0) is 23.6 Å². The molecule has 0 unspecified atom stereocenters. The lowest BCUT2D eigenvalue weighted by atomic mass is 9.92. The monoisotopic (exact) mass is 248 g/mol. The van der Waals surface area contributed by atoms with Gasteiger partial charge >= 0.3 is 11.9 Å². The molecule has 0 saturated heterocycles. The number of ether oxygens (including phenoxy) is 2. The largest absolute Gasteiger partial charge is 0.457 e. The van der Waals surface area contributed by atoms with Gasteiger partial charge in [-0.15, -0.1) is 0 Å². The number of esters is 2. The van der Waals surface area contributed by atoms with E-state index in [9.17, 15) is 9.59 Å². The van der Waals surface area contributed by atoms with E-state index in [1.807, 2.05) is 20.8 Å². The molecule has 0 bridgehead atoms. The summed E-state index contributed by atoms with van der Waals surface area (Å²) in [4.78, 5) is 22.9. The third-order valence-electron chi connectivity index (χ3n) is 2.56. The first-order valence-corrected chi connectivity index (χ1v) is 5.86. The minimum absolute atomic E-state index is 0.104. The minimum atomic E-state index is -0.322. The molecule has 0 atom stereocenters. The highest BCUT2D eigenvalue weighted by molar-refractivity contribution is 5.93. The molecule has 1 aromatic carbocycles. The Morgan fingerprint density at radius 3 is 2.78 bits per heavy atom. The van der Waals surface area contributed by atoms with Crippen molar-refractivity contribution in [2.24, 2.45) is 5.41 Å². The van der Waals surface area contributed by atoms with E-state index in [1.165, 1.54) is 0 Å². The first kappa shape index (κ1) is 12.6. The first-order chi connectivity index (χ1) is 8.35. The van der Waals surface area contributed by atoms with Crippen LogP contribution in [0, 0.1) is 5.41 Å². The maximum absolute atomic E-state index is 11.7. The Balaban J connectivity index is 2.08. The fourth-order valence-electron chi connectivity index (χ4n) is 1.77. The summed E-state index contributed by atoms with van der Waals surface area (Å²) in [5.41, 5.74) is 1.21. The number of cyclic esters (lactones) is 1. The van der Waals surface area contributed by atoms with Gasteiger partial charge in [0.2, 0.25) is 0 Å². The molecule has 4 heteroatoms. The lowest BCUT2D eigenvalue weighted by Crippen LogP contribution is -2.17. The molecule has 0 saturated carbocycles. The number of fused-ring (bicyclic) bond motifs is 1. The maximum Gasteiger partial charge on any atom is 0.338 e. The number of hydrogen-bond donors (Lipinski definition) is 0. The van der Waals surface area contributed by atoms with Crippen molar-refractivity contribution in [3.63, 3.8) is 0 Å². The quantitative estimate of drug-likeness (QED) is 0.596. The summed E-state index contributed by atoms with van der Waals surface area (Å²) in [7, 11) is 0. The van der Waals surface area contributed by atoms with Gasteiger partial charge in [-0.1, -0.05) is 20.8 Å². The predicted molar refractivity (Wildman–Crippen MR) is 65.3 cm³/mol. The van der Waals surface area contributed by atoms with Crippen LogP contribution >= 0.6 is 0 Å². The standard InChI is InChI=1S/C14H16O4/c1-14(2,3)7-12(15)18-10-4-5-11-9(6-10)8-17-13(11)16/h4-6H,7-8H2,1-3H3. The first-order valence-electron chi connectivity index (χ1n) is 5.86. The molecule has 1 aromatic rings. The van der Waals surface area contributed by atoms with Crippen LogP contribution in [-0.2, 0) is 16.1 Å². The summed E-state index contributed by atoms with van der Waals surface area (Å²) in [6.45, 7) is 6.18. The van der Waals surface area contributed by atoms with Gasteiger partial charge in [-0.25, -0.2) is 4.79 Å². The SMILES string of the molecule is CC(C)(C)CC(=O)Oc1ccc2c(c1)COC2=O. The summed E-state index contributed by atoms with van der Waals surface area (Å²) in [5, 5.41) is 0. The molecule has 4 nitrogen and oxygen atoms in total. The fourth-order valence-corrected chi connectivity index (χ4v) is 1.77. The lowest BCUT2D eigenvalue weighted by molar-refractivity contribution is -0.136. The highest BCUT2D eigenvalue weighted by Gasteiger charge is 2.22. The van der Waals surface area contributed by atoms with E-state index in [-0.39, 0.29) is 24.0 Å². The van der Waals surface area contributed by atoms with Crippen LogP contribution in [0.2, 0.25) is 0 Å². The van der Waals surface area contributed by atoms with Crippen molar-refractivity contribution >= 4 is 11.9 Å². The second kappa shape index (κ2) is 4.44. The molecule has 0 spiro atoms. The van der Waals surface area contributed by atoms with Crippen LogP contribution in [-0.4, -0.2) is 11.9 Å². The van der Waals surface area contributed by atoms with Crippen LogP contribution in [0.4, 0.5) is 0 Å². The number of hydrogen-bond acceptors (Lipinski definition) is 4. The molecule has 1 aliphatic rings. The fraction of sp³-hybridized carbons (Fsp3) is 0.429. The summed E-state index contributed by atoms with van der Waals surface area (Å²) in [6, 6.07) is 4.93. The molecule has 2 rings (SSSR count). The van der Waals surface area contributed by atoms with Gasteiger partial charge in [0.05, 0.1) is 12.0 Å². The second-order valence-corrected chi connectivity index (χ2v) is 5.61. The molecule has 18 heavy (non-hydrogen) atoms. The average molecular weight is 248 g/mol. The molecule has 0 aromatic heterocycles. The van der Waals surface area contributed by atoms with E-state index in [1.54, 1.807) is 18.2 Å². The number of carbonyl (C=O) groups excluding carboxylic acids is 2. The van der Waals surface area contributed by atoms with E-state index < -0.39 is 0 Å². The maximum atomic E-state index is 11.7. The zero-order valence-corrected chi connectivity index (χ0v) is 10.8. The van der Waals surface area contributed by atoms with Gasteiger partial charge in [-0.2, -0.15) is 0 Å². The van der Waals surface area contributed by atoms with Crippen molar-refractivity contribution in [2.45, 2.75) is 33.8 Å². The van der Waals surface area contributed by atoms with E-state index in [0.717, 1.165) is 5.56 Å². The van der Waals surface area contributed by atoms with Crippen molar-refractivity contribution in [1.82, 2.24) is 0 Å². The average Bonchev–Trinajstić information content (AvgIpc) is 2.57. The van der Waals surface area contributed by atoms with Crippen LogP contribution in [0.15, 0.2) is 18.2 Å². The molecule has 0 N–H and O–H groups in total. The zero-order chi connectivity index (χ0) is 13.3. The highest BCUT2D eigenvalue weighted by Crippen LogP contribution is 2.26. The highest BCUT2D eigenvalue weighted by atomic mass is 16.5. The van der Waals surface area contributed by atoms with Crippen molar-refractivity contribution in [3.8, 4) is 5.75 Å². The summed E-state index contributed by atoms with van der Waals surface area (Å²) in [6.07, 6.45) is 0.347. The van der Waals surface area contributed by atoms with Crippen LogP contribution in [0.5, 0.6) is 5.75 Å². The van der Waals surface area contributed by atoms with E-state index in [2.05, 4.69) is 0 Å². The minimum Gasteiger partial charge on any atom is -0.457 e. The molecule has 0 fully saturated rings. The van der Waals surface area contributed by atoms with Crippen molar-refractivity contribution in [2.75, 3.05) is 0 Å². The Hall–Kier alpha value is -1.84. The van der Waals surface area contributed by atoms with Gasteiger partial charge in [0.25, 0.3) is 0 Å². The lowest BCUT2D eigenvalue weighted by Gasteiger charge is -2.16. The Bertz CT molecular complexity index is 497. The molecule has 0 aliphatic carbocycles. The van der Waals surface area contributed by atoms with Gasteiger partial charge in [0.1, 0.15) is 12.4 Å². The van der Waals surface area contributed by atoms with Crippen LogP contribution in [0.1, 0.15) is 43.1 Å². The number of rotatable bonds is 2. The van der Waals surface area contributed by atoms with Crippen LogP contribution in [0.25, 0.3) is 0 Å². The van der Waals surface area contributed by atoms with Gasteiger partial charge in [-0.3, -0.25) is 4.79 Å². The van der Waals surface area contributed by atoms with Crippen molar-refractivity contribution in [1.29, 1.82) is 0 Å². The Kier molecular flexibility index (Phi) is 3.11. The normalized spacial score (nSPS) is 14.1. The predicted octanol–water partition coefficient (Wildman–Crippen LogP) is 2.70. The third-order valence-corrected chi connectivity index (χ3v) is 2.56. The van der Waals surface area contributed by atoms with Crippen LogP contribution < -0.4 is 4.74 Å². The van der Waals surface area contributed by atoms with Crippen molar-refractivity contribution < 1.29 is 19.1 Å². The Morgan fingerprint density at radius 2 is 2.11 bits per heavy atom. The zero-order valence-electron chi connectivity index (χ0n) is 10.8. The Labute approximate surface area is 106 Å². The van der Waals surface area contributed by atoms with Crippen LogP contribution in [0.3, 0.4) is 0 Å². The summed E-state index contributed by atoms with van der Waals surface area (Å²) in [5.74, 6) is -0.133. The van der Waals surface area contributed by atoms with Crippen molar-refractivity contribution in [3.05, 3.63) is 29.3 Å². The third kappa shape index (κ3) is 2.88. The topological polar surface area (TPSA) is 52.6 Å².